The minimum atomic E-state index is -1.56. The Balaban J connectivity index is 2.09. The molecule has 0 saturated carbocycles. The normalized spacial score (nSPS) is 12.4. The van der Waals surface area contributed by atoms with Crippen molar-refractivity contribution < 1.29 is 17.6 Å². The van der Waals surface area contributed by atoms with E-state index in [0.29, 0.717) is 5.56 Å². The summed E-state index contributed by atoms with van der Waals surface area (Å²) in [6.07, 6.45) is 0.200. The van der Waals surface area contributed by atoms with Crippen LogP contribution in [-0.2, 0) is 12.8 Å². The van der Waals surface area contributed by atoms with E-state index in [4.69, 9.17) is 0 Å². The summed E-state index contributed by atoms with van der Waals surface area (Å²) in [6, 6.07) is 8.89. The van der Waals surface area contributed by atoms with Gasteiger partial charge in [0.25, 0.3) is 0 Å². The predicted octanol–water partition coefficient (Wildman–Crippen LogP) is 5.72. The number of hydrogen-bond acceptors (Lipinski definition) is 0. The van der Waals surface area contributed by atoms with Crippen LogP contribution in [0.25, 0.3) is 0 Å². The lowest BCUT2D eigenvalue weighted by Gasteiger charge is -2.11. The fraction of sp³-hybridized carbons (Fsp3) is 0.294. The van der Waals surface area contributed by atoms with Crippen LogP contribution in [0.1, 0.15) is 29.3 Å². The molecule has 0 fully saturated rings. The van der Waals surface area contributed by atoms with Gasteiger partial charge in [0, 0.05) is 6.42 Å². The number of benzene rings is 2. The van der Waals surface area contributed by atoms with E-state index in [0.717, 1.165) is 35.0 Å². The summed E-state index contributed by atoms with van der Waals surface area (Å²) < 4.78 is 54.8. The Labute approximate surface area is 140 Å². The lowest BCUT2D eigenvalue weighted by molar-refractivity contribution is 0.335. The van der Waals surface area contributed by atoms with E-state index in [-0.39, 0.29) is 12.0 Å². The quantitative estimate of drug-likeness (QED) is 0.242. The van der Waals surface area contributed by atoms with Crippen molar-refractivity contribution in [3.05, 3.63) is 70.5 Å². The molecule has 118 valence electrons. The molecule has 1 unspecified atom stereocenters. The van der Waals surface area contributed by atoms with E-state index in [1.54, 1.807) is 12.1 Å². The van der Waals surface area contributed by atoms with Crippen molar-refractivity contribution in [2.75, 3.05) is 4.43 Å². The van der Waals surface area contributed by atoms with Crippen molar-refractivity contribution in [2.45, 2.75) is 25.4 Å². The van der Waals surface area contributed by atoms with Crippen LogP contribution in [0.4, 0.5) is 17.6 Å². The average Bonchev–Trinajstić information content (AvgIpc) is 2.54. The van der Waals surface area contributed by atoms with Gasteiger partial charge in [-0.25, -0.2) is 17.6 Å². The van der Waals surface area contributed by atoms with Gasteiger partial charge in [0.05, 0.1) is 0 Å². The molecule has 5 heteroatoms. The van der Waals surface area contributed by atoms with Gasteiger partial charge in [-0.1, -0.05) is 52.9 Å². The summed E-state index contributed by atoms with van der Waals surface area (Å²) in [5.41, 5.74) is 1.36. The highest BCUT2D eigenvalue weighted by Crippen LogP contribution is 2.26. The monoisotopic (exact) mass is 422 g/mol. The highest BCUT2D eigenvalue weighted by Gasteiger charge is 2.18. The van der Waals surface area contributed by atoms with Crippen LogP contribution >= 0.6 is 22.6 Å². The van der Waals surface area contributed by atoms with Crippen LogP contribution in [0, 0.1) is 17.5 Å². The molecule has 22 heavy (non-hydrogen) atoms. The molecule has 2 rings (SSSR count). The molecule has 0 aliphatic heterocycles. The molecule has 2 aromatic carbocycles. The third kappa shape index (κ3) is 4.21. The van der Waals surface area contributed by atoms with Crippen molar-refractivity contribution in [3.63, 3.8) is 0 Å². The minimum absolute atomic E-state index is 0.166. The van der Waals surface area contributed by atoms with Crippen molar-refractivity contribution in [1.82, 2.24) is 0 Å². The van der Waals surface area contributed by atoms with Gasteiger partial charge in [0.1, 0.15) is 6.17 Å². The number of rotatable bonds is 6. The molecular weight excluding hydrogens is 407 g/mol. The molecule has 2 aromatic rings. The highest BCUT2D eigenvalue weighted by molar-refractivity contribution is 14.1. The summed E-state index contributed by atoms with van der Waals surface area (Å²) in [5, 5.41) is 0. The molecule has 0 aliphatic carbocycles. The Hall–Kier alpha value is -1.11. The van der Waals surface area contributed by atoms with Crippen LogP contribution in [0.15, 0.2) is 36.4 Å². The molecule has 0 saturated heterocycles. The van der Waals surface area contributed by atoms with Crippen molar-refractivity contribution in [1.29, 1.82) is 0 Å². The molecule has 1 atom stereocenters. The van der Waals surface area contributed by atoms with Gasteiger partial charge in [-0.05, 0) is 40.0 Å². The maximum Gasteiger partial charge on any atom is 0.194 e. The molecule has 0 spiro atoms. The third-order valence-corrected chi connectivity index (χ3v) is 4.22. The first kappa shape index (κ1) is 17.2. The second kappa shape index (κ2) is 7.94. The number of aryl methyl sites for hydroxylation is 1. The molecule has 0 amide bonds. The molecule has 0 aromatic heterocycles. The smallest absolute Gasteiger partial charge is 0.194 e. The van der Waals surface area contributed by atoms with Gasteiger partial charge in [-0.3, -0.25) is 0 Å². The van der Waals surface area contributed by atoms with Gasteiger partial charge >= 0.3 is 0 Å². The van der Waals surface area contributed by atoms with Crippen molar-refractivity contribution in [2.24, 2.45) is 0 Å². The Morgan fingerprint density at radius 1 is 0.909 bits per heavy atom. The van der Waals surface area contributed by atoms with Crippen LogP contribution in [-0.4, -0.2) is 4.43 Å². The Kier molecular flexibility index (Phi) is 6.23. The standard InChI is InChI=1S/C17H15F4I/c18-14-8-7-13(16(20)17(14)21)10-15(19)12-5-3-11(4-6-12)2-1-9-22/h3-8,15H,1-2,9-10H2. The van der Waals surface area contributed by atoms with E-state index in [2.05, 4.69) is 22.6 Å². The fourth-order valence-electron chi connectivity index (χ4n) is 2.20. The number of halogens is 5. The second-order valence-corrected chi connectivity index (χ2v) is 6.12. The van der Waals surface area contributed by atoms with E-state index < -0.39 is 23.6 Å². The second-order valence-electron chi connectivity index (χ2n) is 5.04. The van der Waals surface area contributed by atoms with E-state index in [1.165, 1.54) is 0 Å². The summed E-state index contributed by atoms with van der Waals surface area (Å²) in [5.74, 6) is -4.14. The van der Waals surface area contributed by atoms with Crippen molar-refractivity contribution in [3.8, 4) is 0 Å². The summed E-state index contributed by atoms with van der Waals surface area (Å²) in [4.78, 5) is 0. The van der Waals surface area contributed by atoms with E-state index >= 15 is 0 Å². The van der Waals surface area contributed by atoms with E-state index in [1.807, 2.05) is 12.1 Å². The topological polar surface area (TPSA) is 0 Å². The predicted molar refractivity (Wildman–Crippen MR) is 87.5 cm³/mol. The molecule has 0 N–H and O–H groups in total. The largest absolute Gasteiger partial charge is 0.242 e. The van der Waals surface area contributed by atoms with Crippen LogP contribution < -0.4 is 0 Å². The van der Waals surface area contributed by atoms with Gasteiger partial charge in [-0.2, -0.15) is 0 Å². The zero-order valence-corrected chi connectivity index (χ0v) is 13.9. The molecule has 0 bridgehead atoms. The zero-order chi connectivity index (χ0) is 16.1. The van der Waals surface area contributed by atoms with Crippen LogP contribution in [0.3, 0.4) is 0 Å². The Morgan fingerprint density at radius 2 is 1.59 bits per heavy atom. The summed E-state index contributed by atoms with van der Waals surface area (Å²) in [7, 11) is 0. The van der Waals surface area contributed by atoms with Gasteiger partial charge in [0.15, 0.2) is 17.5 Å². The van der Waals surface area contributed by atoms with Crippen LogP contribution in [0.2, 0.25) is 0 Å². The zero-order valence-electron chi connectivity index (χ0n) is 11.8. The molecule has 0 nitrogen and oxygen atoms in total. The first-order valence-electron chi connectivity index (χ1n) is 6.94. The first-order valence-corrected chi connectivity index (χ1v) is 8.46. The van der Waals surface area contributed by atoms with E-state index in [9.17, 15) is 17.6 Å². The van der Waals surface area contributed by atoms with Gasteiger partial charge < -0.3 is 0 Å². The van der Waals surface area contributed by atoms with Crippen molar-refractivity contribution >= 4 is 22.6 Å². The Bertz CT molecular complexity index is 625. The average molecular weight is 422 g/mol. The number of alkyl halides is 2. The Morgan fingerprint density at radius 3 is 2.23 bits per heavy atom. The lowest BCUT2D eigenvalue weighted by Crippen LogP contribution is -2.03. The molecule has 0 heterocycles. The molecule has 0 radical (unpaired) electrons. The van der Waals surface area contributed by atoms with Crippen LogP contribution in [0.5, 0.6) is 0 Å². The summed E-state index contributed by atoms with van der Waals surface area (Å²) in [6.45, 7) is 0. The third-order valence-electron chi connectivity index (χ3n) is 3.45. The first-order chi connectivity index (χ1) is 10.5. The van der Waals surface area contributed by atoms with Gasteiger partial charge in [0.2, 0.25) is 0 Å². The molecular formula is C17H15F4I. The maximum atomic E-state index is 14.2. The summed E-state index contributed by atoms with van der Waals surface area (Å²) >= 11 is 2.30. The maximum absolute atomic E-state index is 14.2. The minimum Gasteiger partial charge on any atom is -0.242 e. The fourth-order valence-corrected chi connectivity index (χ4v) is 2.58. The molecule has 0 aliphatic rings. The highest BCUT2D eigenvalue weighted by atomic mass is 127. The van der Waals surface area contributed by atoms with Gasteiger partial charge in [-0.15, -0.1) is 0 Å². The SMILES string of the molecule is Fc1ccc(CC(F)c2ccc(CCCI)cc2)c(F)c1F. The number of hydrogen-bond donors (Lipinski definition) is 0. The lowest BCUT2D eigenvalue weighted by atomic mass is 10.00.